The van der Waals surface area contributed by atoms with Crippen LogP contribution in [0.2, 0.25) is 0 Å². The summed E-state index contributed by atoms with van der Waals surface area (Å²) < 4.78 is 14.5. The number of hydrogen-bond acceptors (Lipinski definition) is 2. The van der Waals surface area contributed by atoms with Crippen molar-refractivity contribution in [3.8, 4) is 0 Å². The van der Waals surface area contributed by atoms with Gasteiger partial charge in [-0.15, -0.1) is 11.3 Å². The van der Waals surface area contributed by atoms with Gasteiger partial charge in [-0.3, -0.25) is 0 Å². The maximum absolute atomic E-state index is 13.5. The second kappa shape index (κ2) is 5.08. The van der Waals surface area contributed by atoms with Crippen LogP contribution >= 0.6 is 27.3 Å². The van der Waals surface area contributed by atoms with Crippen molar-refractivity contribution < 1.29 is 4.39 Å². The fourth-order valence-corrected chi connectivity index (χ4v) is 3.07. The lowest BCUT2D eigenvalue weighted by Gasteiger charge is -2.11. The first-order chi connectivity index (χ1) is 7.66. The zero-order chi connectivity index (χ0) is 11.5. The Hall–Kier alpha value is -0.710. The smallest absolute Gasteiger partial charge is 0.127 e. The molecule has 16 heavy (non-hydrogen) atoms. The van der Waals surface area contributed by atoms with E-state index in [0.29, 0.717) is 12.0 Å². The minimum absolute atomic E-state index is 0.231. The summed E-state index contributed by atoms with van der Waals surface area (Å²) in [6.07, 6.45) is 0.664. The molecule has 1 nitrogen and oxygen atoms in total. The molecule has 1 atom stereocenters. The third-order valence-electron chi connectivity index (χ3n) is 2.35. The first-order valence-electron chi connectivity index (χ1n) is 4.89. The van der Waals surface area contributed by atoms with Crippen molar-refractivity contribution in [2.75, 3.05) is 0 Å². The lowest BCUT2D eigenvalue weighted by molar-refractivity contribution is 0.581. The molecule has 84 valence electrons. The summed E-state index contributed by atoms with van der Waals surface area (Å²) >= 11 is 5.02. The van der Waals surface area contributed by atoms with Crippen LogP contribution in [0.25, 0.3) is 0 Å². The maximum Gasteiger partial charge on any atom is 0.127 e. The highest BCUT2D eigenvalue weighted by Gasteiger charge is 2.12. The summed E-state index contributed by atoms with van der Waals surface area (Å²) in [5, 5.41) is 2.00. The van der Waals surface area contributed by atoms with E-state index in [1.165, 1.54) is 6.07 Å². The van der Waals surface area contributed by atoms with Gasteiger partial charge >= 0.3 is 0 Å². The Morgan fingerprint density at radius 3 is 2.75 bits per heavy atom. The molecule has 0 spiro atoms. The van der Waals surface area contributed by atoms with E-state index in [1.54, 1.807) is 23.5 Å². The van der Waals surface area contributed by atoms with Gasteiger partial charge < -0.3 is 5.73 Å². The average molecular weight is 300 g/mol. The lowest BCUT2D eigenvalue weighted by Crippen LogP contribution is -2.14. The fourth-order valence-electron chi connectivity index (χ4n) is 1.56. The third-order valence-corrected chi connectivity index (χ3v) is 4.07. The van der Waals surface area contributed by atoms with Gasteiger partial charge in [0.2, 0.25) is 0 Å². The van der Waals surface area contributed by atoms with Crippen LogP contribution in [0.4, 0.5) is 4.39 Å². The third kappa shape index (κ3) is 2.70. The van der Waals surface area contributed by atoms with Crippen LogP contribution in [-0.4, -0.2) is 0 Å². The molecule has 0 aliphatic carbocycles. The second-order valence-corrected chi connectivity index (χ2v) is 5.47. The summed E-state index contributed by atoms with van der Waals surface area (Å²) in [6.45, 7) is 0. The molecule has 0 saturated heterocycles. The molecule has 0 saturated carbocycles. The van der Waals surface area contributed by atoms with Crippen molar-refractivity contribution in [3.63, 3.8) is 0 Å². The van der Waals surface area contributed by atoms with Crippen LogP contribution in [0.1, 0.15) is 16.5 Å². The predicted molar refractivity (Wildman–Crippen MR) is 69.1 cm³/mol. The van der Waals surface area contributed by atoms with E-state index in [-0.39, 0.29) is 11.9 Å². The summed E-state index contributed by atoms with van der Waals surface area (Å²) in [5.74, 6) is -0.231. The average Bonchev–Trinajstić information content (AvgIpc) is 2.64. The summed E-state index contributed by atoms with van der Waals surface area (Å²) in [4.78, 5) is 1.16. The van der Waals surface area contributed by atoms with Crippen LogP contribution < -0.4 is 5.73 Å². The zero-order valence-electron chi connectivity index (χ0n) is 8.49. The van der Waals surface area contributed by atoms with Crippen LogP contribution in [0, 0.1) is 5.82 Å². The highest BCUT2D eigenvalue weighted by molar-refractivity contribution is 9.10. The molecule has 0 aliphatic heterocycles. The molecule has 4 heteroatoms. The molecule has 0 aliphatic rings. The summed E-state index contributed by atoms with van der Waals surface area (Å²) in [5.41, 5.74) is 6.56. The molecule has 0 bridgehead atoms. The Balaban J connectivity index is 2.14. The van der Waals surface area contributed by atoms with Crippen molar-refractivity contribution >= 4 is 27.3 Å². The van der Waals surface area contributed by atoms with Crippen molar-refractivity contribution in [2.24, 2.45) is 5.73 Å². The number of rotatable bonds is 3. The molecule has 2 N–H and O–H groups in total. The number of thiophene rings is 1. The molecular weight excluding hydrogens is 289 g/mol. The van der Waals surface area contributed by atoms with E-state index in [4.69, 9.17) is 5.73 Å². The molecule has 2 aromatic rings. The Morgan fingerprint density at radius 1 is 1.38 bits per heavy atom. The number of hydrogen-bond donors (Lipinski definition) is 1. The Kier molecular flexibility index (Phi) is 3.74. The van der Waals surface area contributed by atoms with Gasteiger partial charge in [-0.25, -0.2) is 4.39 Å². The molecule has 1 unspecified atom stereocenters. The maximum atomic E-state index is 13.5. The van der Waals surface area contributed by atoms with Crippen LogP contribution in [0.3, 0.4) is 0 Å². The van der Waals surface area contributed by atoms with Gasteiger partial charge in [-0.2, -0.15) is 0 Å². The predicted octanol–water partition coefficient (Wildman–Crippen LogP) is 3.89. The van der Waals surface area contributed by atoms with E-state index in [9.17, 15) is 4.39 Å². The van der Waals surface area contributed by atoms with Gasteiger partial charge in [0.05, 0.1) is 0 Å². The molecule has 2 rings (SSSR count). The van der Waals surface area contributed by atoms with E-state index in [2.05, 4.69) is 15.9 Å². The number of benzene rings is 1. The van der Waals surface area contributed by atoms with Gasteiger partial charge in [0.25, 0.3) is 0 Å². The molecule has 1 aromatic carbocycles. The van der Waals surface area contributed by atoms with E-state index in [1.807, 2.05) is 17.5 Å². The molecule has 0 amide bonds. The Labute approximate surface area is 106 Å². The van der Waals surface area contributed by atoms with Gasteiger partial charge in [0, 0.05) is 32.8 Å². The quantitative estimate of drug-likeness (QED) is 0.914. The van der Waals surface area contributed by atoms with E-state index >= 15 is 0 Å². The zero-order valence-corrected chi connectivity index (χ0v) is 10.9. The topological polar surface area (TPSA) is 26.0 Å². The van der Waals surface area contributed by atoms with Gasteiger partial charge in [-0.05, 0) is 28.1 Å². The van der Waals surface area contributed by atoms with Gasteiger partial charge in [0.1, 0.15) is 5.82 Å². The van der Waals surface area contributed by atoms with E-state index in [0.717, 1.165) is 9.35 Å². The number of halogens is 2. The first-order valence-corrected chi connectivity index (χ1v) is 6.57. The SMILES string of the molecule is NC(Cc1cc(Br)cs1)c1ccccc1F. The van der Waals surface area contributed by atoms with Crippen molar-refractivity contribution in [2.45, 2.75) is 12.5 Å². The summed E-state index contributed by atoms with van der Waals surface area (Å²) in [7, 11) is 0. The van der Waals surface area contributed by atoms with Crippen molar-refractivity contribution in [1.29, 1.82) is 0 Å². The van der Waals surface area contributed by atoms with Gasteiger partial charge in [0.15, 0.2) is 0 Å². The first kappa shape index (κ1) is 11.8. The lowest BCUT2D eigenvalue weighted by atomic mass is 10.0. The van der Waals surface area contributed by atoms with Crippen molar-refractivity contribution in [3.05, 3.63) is 56.4 Å². The molecule has 0 radical (unpaired) electrons. The normalized spacial score (nSPS) is 12.7. The molecule has 1 heterocycles. The van der Waals surface area contributed by atoms with E-state index < -0.39 is 0 Å². The van der Waals surface area contributed by atoms with Gasteiger partial charge in [-0.1, -0.05) is 18.2 Å². The summed E-state index contributed by atoms with van der Waals surface area (Å²) in [6, 6.07) is 8.40. The van der Waals surface area contributed by atoms with Crippen molar-refractivity contribution in [1.82, 2.24) is 0 Å². The van der Waals surface area contributed by atoms with Crippen LogP contribution in [-0.2, 0) is 6.42 Å². The standard InChI is InChI=1S/C12H11BrFNS/c13-8-5-9(16-7-8)6-12(15)10-3-1-2-4-11(10)14/h1-5,7,12H,6,15H2. The molecular formula is C12H11BrFNS. The molecule has 0 fully saturated rings. The highest BCUT2D eigenvalue weighted by Crippen LogP contribution is 2.25. The number of nitrogens with two attached hydrogens (primary N) is 1. The Bertz CT molecular complexity index is 483. The Morgan fingerprint density at radius 2 is 2.12 bits per heavy atom. The largest absolute Gasteiger partial charge is 0.324 e. The van der Waals surface area contributed by atoms with Crippen LogP contribution in [0.15, 0.2) is 40.2 Å². The monoisotopic (exact) mass is 299 g/mol. The minimum Gasteiger partial charge on any atom is -0.324 e. The second-order valence-electron chi connectivity index (χ2n) is 3.56. The van der Waals surface area contributed by atoms with Crippen LogP contribution in [0.5, 0.6) is 0 Å². The molecule has 1 aromatic heterocycles. The highest BCUT2D eigenvalue weighted by atomic mass is 79.9. The minimum atomic E-state index is -0.285. The fraction of sp³-hybridized carbons (Fsp3) is 0.167.